The van der Waals surface area contributed by atoms with Crippen molar-refractivity contribution in [2.45, 2.75) is 26.2 Å². The molecule has 23 heavy (non-hydrogen) atoms. The summed E-state index contributed by atoms with van der Waals surface area (Å²) in [5, 5.41) is 20.8. The number of nitrogens with zero attached hydrogens (tertiary/aromatic N) is 1. The number of phenolic OH excluding ortho intramolecular Hbond substituents is 2. The van der Waals surface area contributed by atoms with Crippen LogP contribution in [0.1, 0.15) is 31.9 Å². The fourth-order valence-electron chi connectivity index (χ4n) is 1.94. The van der Waals surface area contributed by atoms with Crippen LogP contribution in [0, 0.1) is 0 Å². The van der Waals surface area contributed by atoms with Gasteiger partial charge in [-0.15, -0.1) is 0 Å². The second kappa shape index (κ2) is 6.71. The minimum Gasteiger partial charge on any atom is -0.506 e. The molecule has 3 nitrogen and oxygen atoms in total. The zero-order chi connectivity index (χ0) is 17.4. The summed E-state index contributed by atoms with van der Waals surface area (Å²) in [6, 6.07) is 6.66. The molecule has 2 N–H and O–H groups in total. The van der Waals surface area contributed by atoms with Crippen LogP contribution in [0.25, 0.3) is 0 Å². The number of aromatic hydroxyl groups is 2. The van der Waals surface area contributed by atoms with E-state index < -0.39 is 0 Å². The van der Waals surface area contributed by atoms with Crippen molar-refractivity contribution in [1.82, 2.24) is 0 Å². The summed E-state index contributed by atoms with van der Waals surface area (Å²) >= 11 is 15.3. The Hall–Kier alpha value is -1.23. The maximum absolute atomic E-state index is 10.1. The summed E-state index contributed by atoms with van der Waals surface area (Å²) < 4.78 is 0.470. The Labute approximate surface area is 153 Å². The van der Waals surface area contributed by atoms with Gasteiger partial charge >= 0.3 is 0 Å². The first-order chi connectivity index (χ1) is 10.6. The van der Waals surface area contributed by atoms with Gasteiger partial charge in [0, 0.05) is 16.8 Å². The van der Waals surface area contributed by atoms with E-state index in [4.69, 9.17) is 23.2 Å². The van der Waals surface area contributed by atoms with Gasteiger partial charge in [0.05, 0.1) is 9.50 Å². The van der Waals surface area contributed by atoms with Gasteiger partial charge in [-0.3, -0.25) is 4.99 Å². The molecule has 0 spiro atoms. The molecule has 2 aromatic rings. The van der Waals surface area contributed by atoms with Crippen molar-refractivity contribution < 1.29 is 10.2 Å². The van der Waals surface area contributed by atoms with Crippen LogP contribution in [0.2, 0.25) is 10.0 Å². The minimum atomic E-state index is -0.136. The van der Waals surface area contributed by atoms with E-state index in [1.807, 2.05) is 20.8 Å². The SMILES string of the molecule is CC(C)(C)c1cc(Cl)c(O)c(N=Cc2cc(Cl)cc(Br)c2O)c1. The smallest absolute Gasteiger partial charge is 0.159 e. The van der Waals surface area contributed by atoms with Gasteiger partial charge in [0.25, 0.3) is 0 Å². The third-order valence-electron chi connectivity index (χ3n) is 3.31. The molecule has 0 bridgehead atoms. The predicted molar refractivity (Wildman–Crippen MR) is 99.9 cm³/mol. The van der Waals surface area contributed by atoms with Crippen LogP contribution in [0.15, 0.2) is 33.7 Å². The maximum atomic E-state index is 10.1. The van der Waals surface area contributed by atoms with E-state index in [-0.39, 0.29) is 21.9 Å². The fourth-order valence-corrected chi connectivity index (χ4v) is 2.99. The second-order valence-electron chi connectivity index (χ2n) is 6.16. The molecule has 2 aromatic carbocycles. The first kappa shape index (κ1) is 18.1. The van der Waals surface area contributed by atoms with E-state index >= 15 is 0 Å². The van der Waals surface area contributed by atoms with Crippen LogP contribution >= 0.6 is 39.1 Å². The molecule has 0 saturated carbocycles. The Bertz CT molecular complexity index is 783. The Balaban J connectivity index is 2.50. The zero-order valence-corrected chi connectivity index (χ0v) is 16.0. The molecule has 0 aliphatic carbocycles. The third-order valence-corrected chi connectivity index (χ3v) is 4.42. The lowest BCUT2D eigenvalue weighted by Gasteiger charge is -2.20. The van der Waals surface area contributed by atoms with Gasteiger partial charge in [-0.25, -0.2) is 0 Å². The van der Waals surface area contributed by atoms with Crippen molar-refractivity contribution in [2.75, 3.05) is 0 Å². The van der Waals surface area contributed by atoms with Crippen LogP contribution in [0.4, 0.5) is 5.69 Å². The van der Waals surface area contributed by atoms with Gasteiger partial charge in [0.1, 0.15) is 11.4 Å². The summed E-state index contributed by atoms with van der Waals surface area (Å²) in [5.41, 5.74) is 1.57. The Morgan fingerprint density at radius 1 is 1.04 bits per heavy atom. The lowest BCUT2D eigenvalue weighted by molar-refractivity contribution is 0.470. The molecule has 0 unspecified atom stereocenters. The number of hydrogen-bond acceptors (Lipinski definition) is 3. The van der Waals surface area contributed by atoms with Gasteiger partial charge in [-0.05, 0) is 51.2 Å². The lowest BCUT2D eigenvalue weighted by atomic mass is 9.87. The van der Waals surface area contributed by atoms with Crippen molar-refractivity contribution in [3.8, 4) is 11.5 Å². The average Bonchev–Trinajstić information content (AvgIpc) is 2.43. The molecule has 122 valence electrons. The highest BCUT2D eigenvalue weighted by Crippen LogP contribution is 2.39. The van der Waals surface area contributed by atoms with Gasteiger partial charge in [-0.1, -0.05) is 44.0 Å². The van der Waals surface area contributed by atoms with Gasteiger partial charge < -0.3 is 10.2 Å². The highest BCUT2D eigenvalue weighted by atomic mass is 79.9. The van der Waals surface area contributed by atoms with Crippen LogP contribution in [0.3, 0.4) is 0 Å². The molecule has 2 rings (SSSR count). The summed E-state index contributed by atoms with van der Waals surface area (Å²) in [6.07, 6.45) is 1.43. The second-order valence-corrected chi connectivity index (χ2v) is 7.86. The molecule has 0 aromatic heterocycles. The highest BCUT2D eigenvalue weighted by molar-refractivity contribution is 9.10. The fraction of sp³-hybridized carbons (Fsp3) is 0.235. The first-order valence-electron chi connectivity index (χ1n) is 6.84. The van der Waals surface area contributed by atoms with Crippen molar-refractivity contribution in [2.24, 2.45) is 4.99 Å². The first-order valence-corrected chi connectivity index (χ1v) is 8.39. The number of halogens is 3. The Kier molecular flexibility index (Phi) is 5.29. The van der Waals surface area contributed by atoms with Crippen LogP contribution in [0.5, 0.6) is 11.5 Å². The number of phenols is 2. The zero-order valence-electron chi connectivity index (χ0n) is 12.9. The molecular formula is C17H16BrCl2NO2. The number of rotatable bonds is 2. The van der Waals surface area contributed by atoms with Crippen molar-refractivity contribution in [3.63, 3.8) is 0 Å². The largest absolute Gasteiger partial charge is 0.506 e. The topological polar surface area (TPSA) is 52.8 Å². The average molecular weight is 417 g/mol. The summed E-state index contributed by atoms with van der Waals surface area (Å²) in [6.45, 7) is 6.13. The standard InChI is InChI=1S/C17H16BrCl2NO2/c1-17(2,3)10-5-13(20)16(23)14(6-10)21-8-9-4-11(19)7-12(18)15(9)22/h4-8,22-23H,1-3H3. The molecule has 0 aliphatic heterocycles. The normalized spacial score (nSPS) is 12.1. The van der Waals surface area contributed by atoms with Gasteiger partial charge in [-0.2, -0.15) is 0 Å². The molecule has 0 radical (unpaired) electrons. The molecule has 0 saturated heterocycles. The van der Waals surface area contributed by atoms with E-state index in [9.17, 15) is 10.2 Å². The molecule has 0 amide bonds. The van der Waals surface area contributed by atoms with E-state index in [2.05, 4.69) is 20.9 Å². The van der Waals surface area contributed by atoms with Crippen LogP contribution in [-0.4, -0.2) is 16.4 Å². The molecule has 0 heterocycles. The molecule has 6 heteroatoms. The molecule has 0 aliphatic rings. The molecule has 0 atom stereocenters. The lowest BCUT2D eigenvalue weighted by Crippen LogP contribution is -2.10. The van der Waals surface area contributed by atoms with E-state index in [0.717, 1.165) is 5.56 Å². The minimum absolute atomic E-state index is 0.0238. The van der Waals surface area contributed by atoms with Gasteiger partial charge in [0.15, 0.2) is 5.75 Å². The predicted octanol–water partition coefficient (Wildman–Crippen LogP) is 6.22. The van der Waals surface area contributed by atoms with Crippen LogP contribution in [-0.2, 0) is 5.41 Å². The quantitative estimate of drug-likeness (QED) is 0.571. The number of hydrogen-bond donors (Lipinski definition) is 2. The maximum Gasteiger partial charge on any atom is 0.159 e. The van der Waals surface area contributed by atoms with Gasteiger partial charge in [0.2, 0.25) is 0 Å². The van der Waals surface area contributed by atoms with Crippen molar-refractivity contribution in [3.05, 3.63) is 49.9 Å². The Morgan fingerprint density at radius 2 is 1.70 bits per heavy atom. The summed E-state index contributed by atoms with van der Waals surface area (Å²) in [5.74, 6) is -0.0767. The van der Waals surface area contributed by atoms with E-state index in [1.54, 1.807) is 24.3 Å². The third kappa shape index (κ3) is 4.19. The highest BCUT2D eigenvalue weighted by Gasteiger charge is 2.18. The summed E-state index contributed by atoms with van der Waals surface area (Å²) in [7, 11) is 0. The Morgan fingerprint density at radius 3 is 2.30 bits per heavy atom. The summed E-state index contributed by atoms with van der Waals surface area (Å²) in [4.78, 5) is 4.26. The van der Waals surface area contributed by atoms with E-state index in [1.165, 1.54) is 6.21 Å². The van der Waals surface area contributed by atoms with Crippen LogP contribution < -0.4 is 0 Å². The van der Waals surface area contributed by atoms with Crippen molar-refractivity contribution in [1.29, 1.82) is 0 Å². The van der Waals surface area contributed by atoms with E-state index in [0.29, 0.717) is 20.7 Å². The molecule has 0 fully saturated rings. The molecular weight excluding hydrogens is 401 g/mol. The van der Waals surface area contributed by atoms with Crippen molar-refractivity contribution >= 4 is 51.0 Å². The number of benzene rings is 2. The number of aliphatic imine (C=N–C) groups is 1. The monoisotopic (exact) mass is 415 g/mol.